The van der Waals surface area contributed by atoms with E-state index in [2.05, 4.69) is 40.9 Å². The average molecular weight is 404 g/mol. The van der Waals surface area contributed by atoms with Crippen molar-refractivity contribution >= 4 is 21.6 Å². The highest BCUT2D eigenvalue weighted by molar-refractivity contribution is 7.92. The summed E-state index contributed by atoms with van der Waals surface area (Å²) in [5, 5.41) is 2.99. The highest BCUT2D eigenvalue weighted by atomic mass is 32.2. The van der Waals surface area contributed by atoms with E-state index in [-0.39, 0.29) is 17.7 Å². The molecule has 0 bridgehead atoms. The van der Waals surface area contributed by atoms with Gasteiger partial charge in [-0.1, -0.05) is 50.2 Å². The van der Waals surface area contributed by atoms with Gasteiger partial charge in [-0.3, -0.25) is 14.4 Å². The molecule has 0 spiro atoms. The van der Waals surface area contributed by atoms with E-state index in [9.17, 15) is 13.2 Å². The van der Waals surface area contributed by atoms with Crippen molar-refractivity contribution in [2.45, 2.75) is 26.8 Å². The maximum atomic E-state index is 12.7. The van der Waals surface area contributed by atoms with E-state index in [1.807, 2.05) is 18.2 Å². The second kappa shape index (κ2) is 10.2. The minimum atomic E-state index is -3.38. The van der Waals surface area contributed by atoms with E-state index in [0.717, 1.165) is 18.7 Å². The lowest BCUT2D eigenvalue weighted by atomic mass is 10.0. The molecule has 0 aliphatic rings. The van der Waals surface area contributed by atoms with Crippen molar-refractivity contribution in [2.24, 2.45) is 0 Å². The number of nitrogens with zero attached hydrogens (tertiary/aromatic N) is 1. The number of carbonyl (C=O) groups is 1. The van der Waals surface area contributed by atoms with Crippen LogP contribution < -0.4 is 10.0 Å². The standard InChI is InChI=1S/C21H29N3O3S/c1-4-24(5-2)20(17-11-8-7-9-12-17)16-22-21(25)18-13-10-14-19(15-18)23-28(26,27)6-3/h7-15,20,23H,4-6,16H2,1-3H3,(H,22,25). The van der Waals surface area contributed by atoms with Gasteiger partial charge in [0, 0.05) is 17.8 Å². The molecule has 2 N–H and O–H groups in total. The number of rotatable bonds is 10. The average Bonchev–Trinajstić information content (AvgIpc) is 2.71. The number of hydrogen-bond donors (Lipinski definition) is 2. The smallest absolute Gasteiger partial charge is 0.251 e. The Hall–Kier alpha value is -2.38. The molecule has 2 aromatic carbocycles. The molecule has 0 saturated heterocycles. The van der Waals surface area contributed by atoms with E-state index in [0.29, 0.717) is 17.8 Å². The Balaban J connectivity index is 2.12. The lowest BCUT2D eigenvalue weighted by Gasteiger charge is -2.30. The predicted molar refractivity (Wildman–Crippen MR) is 114 cm³/mol. The van der Waals surface area contributed by atoms with Crippen molar-refractivity contribution < 1.29 is 13.2 Å². The summed E-state index contributed by atoms with van der Waals surface area (Å²) in [6, 6.07) is 16.7. The molecule has 1 amide bonds. The fraction of sp³-hybridized carbons (Fsp3) is 0.381. The van der Waals surface area contributed by atoms with Crippen molar-refractivity contribution in [3.8, 4) is 0 Å². The number of carbonyl (C=O) groups excluding carboxylic acids is 1. The first-order valence-electron chi connectivity index (χ1n) is 9.57. The molecule has 0 aromatic heterocycles. The van der Waals surface area contributed by atoms with Crippen molar-refractivity contribution in [1.29, 1.82) is 0 Å². The Labute approximate surface area is 168 Å². The molecular weight excluding hydrogens is 374 g/mol. The third kappa shape index (κ3) is 6.07. The van der Waals surface area contributed by atoms with Gasteiger partial charge in [0.05, 0.1) is 11.8 Å². The molecule has 7 heteroatoms. The molecule has 2 aromatic rings. The largest absolute Gasteiger partial charge is 0.350 e. The normalized spacial score (nSPS) is 12.6. The quantitative estimate of drug-likeness (QED) is 0.638. The maximum absolute atomic E-state index is 12.7. The Kier molecular flexibility index (Phi) is 8.02. The fourth-order valence-corrected chi connectivity index (χ4v) is 3.69. The van der Waals surface area contributed by atoms with Crippen molar-refractivity contribution in [2.75, 3.05) is 30.1 Å². The van der Waals surface area contributed by atoms with Crippen LogP contribution in [0.1, 0.15) is 42.7 Å². The van der Waals surface area contributed by atoms with E-state index in [1.54, 1.807) is 31.2 Å². The Morgan fingerprint density at radius 1 is 1.00 bits per heavy atom. The van der Waals surface area contributed by atoms with E-state index in [4.69, 9.17) is 0 Å². The number of anilines is 1. The van der Waals surface area contributed by atoms with Gasteiger partial charge in [-0.2, -0.15) is 0 Å². The van der Waals surface area contributed by atoms with E-state index in [1.165, 1.54) is 0 Å². The molecule has 6 nitrogen and oxygen atoms in total. The summed E-state index contributed by atoms with van der Waals surface area (Å²) in [5.41, 5.74) is 1.96. The molecule has 0 fully saturated rings. The van der Waals surface area contributed by atoms with Gasteiger partial charge in [-0.15, -0.1) is 0 Å². The summed E-state index contributed by atoms with van der Waals surface area (Å²) in [6.45, 7) is 7.99. The van der Waals surface area contributed by atoms with Gasteiger partial charge in [-0.05, 0) is 43.8 Å². The third-order valence-electron chi connectivity index (χ3n) is 4.67. The van der Waals surface area contributed by atoms with Crippen LogP contribution in [0, 0.1) is 0 Å². The number of likely N-dealkylation sites (N-methyl/N-ethyl adjacent to an activating group) is 1. The molecule has 0 aliphatic heterocycles. The number of benzene rings is 2. The van der Waals surface area contributed by atoms with Crippen LogP contribution in [0.4, 0.5) is 5.69 Å². The fourth-order valence-electron chi connectivity index (χ4n) is 3.06. The number of nitrogens with one attached hydrogen (secondary N) is 2. The minimum absolute atomic E-state index is 0.0218. The first kappa shape index (κ1) is 21.9. The van der Waals surface area contributed by atoms with Crippen molar-refractivity contribution in [3.63, 3.8) is 0 Å². The highest BCUT2D eigenvalue weighted by Gasteiger charge is 2.19. The van der Waals surface area contributed by atoms with Crippen LogP contribution in [0.25, 0.3) is 0 Å². The lowest BCUT2D eigenvalue weighted by molar-refractivity contribution is 0.0935. The van der Waals surface area contributed by atoms with Crippen molar-refractivity contribution in [3.05, 3.63) is 65.7 Å². The molecule has 0 aliphatic carbocycles. The van der Waals surface area contributed by atoms with E-state index >= 15 is 0 Å². The molecule has 0 radical (unpaired) electrons. The SMILES string of the molecule is CCN(CC)C(CNC(=O)c1cccc(NS(=O)(=O)CC)c1)c1ccccc1. The van der Waals surface area contributed by atoms with Crippen LogP contribution in [0.5, 0.6) is 0 Å². The first-order valence-corrected chi connectivity index (χ1v) is 11.2. The lowest BCUT2D eigenvalue weighted by Crippen LogP contribution is -2.38. The summed E-state index contributed by atoms with van der Waals surface area (Å²) >= 11 is 0. The van der Waals surface area contributed by atoms with Crippen LogP contribution in [-0.2, 0) is 10.0 Å². The molecule has 0 heterocycles. The van der Waals surface area contributed by atoms with Gasteiger partial charge in [0.2, 0.25) is 10.0 Å². The summed E-state index contributed by atoms with van der Waals surface area (Å²) in [5.74, 6) is -0.253. The topological polar surface area (TPSA) is 78.5 Å². The van der Waals surface area contributed by atoms with Crippen LogP contribution in [0.2, 0.25) is 0 Å². The Morgan fingerprint density at radius 2 is 1.68 bits per heavy atom. The highest BCUT2D eigenvalue weighted by Crippen LogP contribution is 2.20. The van der Waals surface area contributed by atoms with Gasteiger partial charge in [0.25, 0.3) is 5.91 Å². The Morgan fingerprint density at radius 3 is 2.29 bits per heavy atom. The van der Waals surface area contributed by atoms with Crippen LogP contribution in [-0.4, -0.2) is 44.6 Å². The third-order valence-corrected chi connectivity index (χ3v) is 5.98. The summed E-state index contributed by atoms with van der Waals surface area (Å²) in [4.78, 5) is 15.0. The van der Waals surface area contributed by atoms with Crippen LogP contribution in [0.15, 0.2) is 54.6 Å². The number of sulfonamides is 1. The second-order valence-corrected chi connectivity index (χ2v) is 8.45. The zero-order valence-corrected chi connectivity index (χ0v) is 17.5. The second-order valence-electron chi connectivity index (χ2n) is 6.44. The monoisotopic (exact) mass is 403 g/mol. The van der Waals surface area contributed by atoms with Crippen LogP contribution in [0.3, 0.4) is 0 Å². The van der Waals surface area contributed by atoms with Gasteiger partial charge in [-0.25, -0.2) is 8.42 Å². The molecule has 2 rings (SSSR count). The van der Waals surface area contributed by atoms with Gasteiger partial charge in [0.1, 0.15) is 0 Å². The minimum Gasteiger partial charge on any atom is -0.350 e. The van der Waals surface area contributed by atoms with Crippen molar-refractivity contribution in [1.82, 2.24) is 10.2 Å². The first-order chi connectivity index (χ1) is 13.4. The van der Waals surface area contributed by atoms with Crippen LogP contribution >= 0.6 is 0 Å². The Bertz CT molecular complexity index is 865. The number of hydrogen-bond acceptors (Lipinski definition) is 4. The molecular formula is C21H29N3O3S. The zero-order valence-electron chi connectivity index (χ0n) is 16.7. The summed E-state index contributed by atoms with van der Waals surface area (Å²) in [7, 11) is -3.38. The molecule has 1 unspecified atom stereocenters. The van der Waals surface area contributed by atoms with Gasteiger partial charge >= 0.3 is 0 Å². The summed E-state index contributed by atoms with van der Waals surface area (Å²) < 4.78 is 26.0. The molecule has 1 atom stereocenters. The van der Waals surface area contributed by atoms with E-state index < -0.39 is 10.0 Å². The summed E-state index contributed by atoms with van der Waals surface area (Å²) in [6.07, 6.45) is 0. The molecule has 152 valence electrons. The maximum Gasteiger partial charge on any atom is 0.251 e. The molecule has 28 heavy (non-hydrogen) atoms. The van der Waals surface area contributed by atoms with Gasteiger partial charge in [0.15, 0.2) is 0 Å². The number of amides is 1. The molecule has 0 saturated carbocycles. The van der Waals surface area contributed by atoms with Gasteiger partial charge < -0.3 is 5.32 Å². The zero-order chi connectivity index (χ0) is 20.6. The predicted octanol–water partition coefficient (Wildman–Crippen LogP) is 3.26.